The first-order chi connectivity index (χ1) is 14.2. The molecule has 0 aliphatic carbocycles. The van der Waals surface area contributed by atoms with Crippen molar-refractivity contribution in [3.05, 3.63) is 34.8 Å². The number of nitrogens with one attached hydrogen (secondary N) is 1. The lowest BCUT2D eigenvalue weighted by atomic mass is 10.3. The Morgan fingerprint density at radius 3 is 2.73 bits per heavy atom. The van der Waals surface area contributed by atoms with Crippen LogP contribution in [-0.2, 0) is 26.5 Å². The van der Waals surface area contributed by atoms with Crippen molar-refractivity contribution in [3.8, 4) is 5.75 Å². The molecule has 0 unspecified atom stereocenters. The second-order valence-corrected chi connectivity index (χ2v) is 9.49. The number of nitrogens with zero attached hydrogens (tertiary/aromatic N) is 3. The van der Waals surface area contributed by atoms with E-state index in [1.165, 1.54) is 17.4 Å². The number of carbonyl (C=O) groups excluding carboxylic acids is 2. The number of aryl methyl sites for hydroxylation is 2. The standard InChI is InChI=1S/C18H20N4O6S2/c1-4-27-12-5-6-13-14(8-12)29-18(22(13)3)20-17(24)10-30(25,26)9-16(23)19-15-7-11(2)28-21-15/h5-8H,4,9-10H2,1-3H3,(H,19,21,23). The Morgan fingerprint density at radius 1 is 1.30 bits per heavy atom. The van der Waals surface area contributed by atoms with Gasteiger partial charge >= 0.3 is 0 Å². The summed E-state index contributed by atoms with van der Waals surface area (Å²) in [7, 11) is -2.28. The van der Waals surface area contributed by atoms with Gasteiger partial charge in [-0.15, -0.1) is 0 Å². The molecule has 2 amide bonds. The van der Waals surface area contributed by atoms with Crippen LogP contribution in [0.2, 0.25) is 0 Å². The molecule has 1 aromatic carbocycles. The first kappa shape index (κ1) is 21.7. The summed E-state index contributed by atoms with van der Waals surface area (Å²) >= 11 is 1.24. The molecular weight excluding hydrogens is 432 g/mol. The Labute approximate surface area is 176 Å². The predicted octanol–water partition coefficient (Wildman–Crippen LogP) is 1.42. The number of aromatic nitrogens is 2. The van der Waals surface area contributed by atoms with Crippen LogP contribution in [0.25, 0.3) is 10.2 Å². The number of amides is 2. The maximum absolute atomic E-state index is 12.2. The lowest BCUT2D eigenvalue weighted by Crippen LogP contribution is -2.28. The molecule has 3 aromatic rings. The Bertz CT molecular complexity index is 1270. The third-order valence-corrected chi connectivity index (χ3v) is 6.39. The third kappa shape index (κ3) is 5.33. The monoisotopic (exact) mass is 452 g/mol. The number of thiazole rings is 1. The van der Waals surface area contributed by atoms with Crippen molar-refractivity contribution >= 4 is 49.0 Å². The number of rotatable bonds is 7. The van der Waals surface area contributed by atoms with Crippen molar-refractivity contribution in [2.75, 3.05) is 23.4 Å². The summed E-state index contributed by atoms with van der Waals surface area (Å²) in [6, 6.07) is 6.93. The van der Waals surface area contributed by atoms with Gasteiger partial charge in [0.25, 0.3) is 5.91 Å². The quantitative estimate of drug-likeness (QED) is 0.573. The number of hydrogen-bond donors (Lipinski definition) is 1. The number of ether oxygens (including phenoxy) is 1. The van der Waals surface area contributed by atoms with Crippen molar-refractivity contribution in [1.29, 1.82) is 0 Å². The molecule has 0 bridgehead atoms. The highest BCUT2D eigenvalue weighted by Crippen LogP contribution is 2.22. The Balaban J connectivity index is 1.72. The van der Waals surface area contributed by atoms with Crippen LogP contribution in [0, 0.1) is 6.92 Å². The van der Waals surface area contributed by atoms with E-state index in [4.69, 9.17) is 9.26 Å². The molecule has 1 N–H and O–H groups in total. The highest BCUT2D eigenvalue weighted by atomic mass is 32.2. The number of sulfone groups is 1. The van der Waals surface area contributed by atoms with Crippen LogP contribution < -0.4 is 14.9 Å². The smallest absolute Gasteiger partial charge is 0.263 e. The zero-order valence-corrected chi connectivity index (χ0v) is 18.2. The highest BCUT2D eigenvalue weighted by molar-refractivity contribution is 7.92. The Kier molecular flexibility index (Phi) is 6.37. The van der Waals surface area contributed by atoms with Crippen molar-refractivity contribution in [2.45, 2.75) is 13.8 Å². The molecule has 2 aromatic heterocycles. The third-order valence-electron chi connectivity index (χ3n) is 3.90. The zero-order valence-electron chi connectivity index (χ0n) is 16.5. The van der Waals surface area contributed by atoms with E-state index in [0.29, 0.717) is 22.9 Å². The van der Waals surface area contributed by atoms with Crippen molar-refractivity contribution in [2.24, 2.45) is 12.0 Å². The summed E-state index contributed by atoms with van der Waals surface area (Å²) in [5, 5.41) is 5.86. The predicted molar refractivity (Wildman–Crippen MR) is 111 cm³/mol. The number of anilines is 1. The van der Waals surface area contributed by atoms with Gasteiger partial charge in [0.15, 0.2) is 20.5 Å². The van der Waals surface area contributed by atoms with Crippen LogP contribution in [0.15, 0.2) is 33.8 Å². The molecule has 0 fully saturated rings. The fourth-order valence-corrected chi connectivity index (χ4v) is 4.74. The molecule has 12 heteroatoms. The Morgan fingerprint density at radius 2 is 2.07 bits per heavy atom. The van der Waals surface area contributed by atoms with E-state index in [0.717, 1.165) is 10.2 Å². The summed E-state index contributed by atoms with van der Waals surface area (Å²) in [6.07, 6.45) is 0. The average Bonchev–Trinajstić information content (AvgIpc) is 3.17. The summed E-state index contributed by atoms with van der Waals surface area (Å²) in [6.45, 7) is 4.04. The lowest BCUT2D eigenvalue weighted by Gasteiger charge is -2.02. The van der Waals surface area contributed by atoms with Gasteiger partial charge in [-0.05, 0) is 32.0 Å². The number of carbonyl (C=O) groups is 2. The van der Waals surface area contributed by atoms with Crippen LogP contribution in [0.3, 0.4) is 0 Å². The average molecular weight is 453 g/mol. The van der Waals surface area contributed by atoms with Crippen molar-refractivity contribution < 1.29 is 27.3 Å². The summed E-state index contributed by atoms with van der Waals surface area (Å²) < 4.78 is 37.2. The number of fused-ring (bicyclic) bond motifs is 1. The van der Waals surface area contributed by atoms with Gasteiger partial charge in [-0.25, -0.2) is 8.42 Å². The molecule has 0 radical (unpaired) electrons. The van der Waals surface area contributed by atoms with Crippen LogP contribution in [0.1, 0.15) is 12.7 Å². The van der Waals surface area contributed by atoms with Gasteiger partial charge in [0.05, 0.1) is 16.8 Å². The first-order valence-corrected chi connectivity index (χ1v) is 11.5. The second kappa shape index (κ2) is 8.79. The second-order valence-electron chi connectivity index (χ2n) is 6.41. The van der Waals surface area contributed by atoms with E-state index >= 15 is 0 Å². The molecule has 3 rings (SSSR count). The maximum atomic E-state index is 12.2. The topological polar surface area (TPSA) is 133 Å². The van der Waals surface area contributed by atoms with E-state index in [1.807, 2.05) is 25.1 Å². The van der Waals surface area contributed by atoms with Gasteiger partial charge < -0.3 is 19.1 Å². The van der Waals surface area contributed by atoms with E-state index in [-0.39, 0.29) is 5.82 Å². The van der Waals surface area contributed by atoms with Gasteiger partial charge in [0.1, 0.15) is 23.0 Å². The Hall–Kier alpha value is -2.99. The zero-order chi connectivity index (χ0) is 21.9. The fraction of sp³-hybridized carbons (Fsp3) is 0.333. The van der Waals surface area contributed by atoms with Crippen LogP contribution in [0.4, 0.5) is 5.82 Å². The summed E-state index contributed by atoms with van der Waals surface area (Å²) in [5.41, 5.74) is 0.833. The summed E-state index contributed by atoms with van der Waals surface area (Å²) in [4.78, 5) is 28.4. The SMILES string of the molecule is CCOc1ccc2c(c1)sc(=NC(=O)CS(=O)(=O)CC(=O)Nc1cc(C)on1)n2C. The minimum atomic E-state index is -4.01. The highest BCUT2D eigenvalue weighted by Gasteiger charge is 2.21. The molecule has 2 heterocycles. The number of hydrogen-bond acceptors (Lipinski definition) is 8. The fourth-order valence-electron chi connectivity index (χ4n) is 2.66. The first-order valence-electron chi connectivity index (χ1n) is 8.90. The van der Waals surface area contributed by atoms with Crippen LogP contribution in [0.5, 0.6) is 5.75 Å². The van der Waals surface area contributed by atoms with Crippen LogP contribution >= 0.6 is 11.3 Å². The van der Waals surface area contributed by atoms with Crippen molar-refractivity contribution in [1.82, 2.24) is 9.72 Å². The van der Waals surface area contributed by atoms with Gasteiger partial charge in [-0.2, -0.15) is 4.99 Å². The van der Waals surface area contributed by atoms with Gasteiger partial charge in [0, 0.05) is 13.1 Å². The minimum absolute atomic E-state index is 0.104. The van der Waals surface area contributed by atoms with Crippen LogP contribution in [-0.4, -0.2) is 48.1 Å². The normalized spacial score (nSPS) is 12.3. The van der Waals surface area contributed by atoms with Gasteiger partial charge in [-0.1, -0.05) is 16.5 Å². The minimum Gasteiger partial charge on any atom is -0.494 e. The van der Waals surface area contributed by atoms with Crippen molar-refractivity contribution in [3.63, 3.8) is 0 Å². The molecular formula is C18H20N4O6S2. The molecule has 10 nitrogen and oxygen atoms in total. The molecule has 0 saturated carbocycles. The van der Waals surface area contributed by atoms with E-state index in [9.17, 15) is 18.0 Å². The molecule has 160 valence electrons. The molecule has 30 heavy (non-hydrogen) atoms. The van der Waals surface area contributed by atoms with Gasteiger partial charge in [-0.3, -0.25) is 9.59 Å². The summed E-state index contributed by atoms with van der Waals surface area (Å²) in [5.74, 6) is -2.15. The molecule has 0 spiro atoms. The largest absolute Gasteiger partial charge is 0.494 e. The lowest BCUT2D eigenvalue weighted by molar-refractivity contribution is -0.115. The van der Waals surface area contributed by atoms with Gasteiger partial charge in [0.2, 0.25) is 5.91 Å². The molecule has 0 saturated heterocycles. The molecule has 0 atom stereocenters. The maximum Gasteiger partial charge on any atom is 0.263 e. The number of benzene rings is 1. The van der Waals surface area contributed by atoms with E-state index < -0.39 is 33.2 Å². The molecule has 0 aliphatic heterocycles. The molecule has 0 aliphatic rings. The van der Waals surface area contributed by atoms with E-state index in [2.05, 4.69) is 15.5 Å². The van der Waals surface area contributed by atoms with E-state index in [1.54, 1.807) is 18.5 Å².